The maximum Gasteiger partial charge on any atom is 0.417 e. The molecule has 1 saturated carbocycles. The molecule has 1 saturated heterocycles. The lowest BCUT2D eigenvalue weighted by Gasteiger charge is -2.51. The Morgan fingerprint density at radius 3 is 2.28 bits per heavy atom. The normalized spacial score (nSPS) is 30.5. The van der Waals surface area contributed by atoms with Crippen LogP contribution in [0.15, 0.2) is 42.5 Å². The van der Waals surface area contributed by atoms with Gasteiger partial charge in [0, 0.05) is 36.6 Å². The number of sulfonamides is 1. The summed E-state index contributed by atoms with van der Waals surface area (Å²) in [7, 11) is -3.96. The predicted octanol–water partition coefficient (Wildman–Crippen LogP) is 3.83. The average molecular weight is 533 g/mol. The van der Waals surface area contributed by atoms with Crippen LogP contribution in [0, 0.1) is 11.6 Å². The number of primary amides is 1. The van der Waals surface area contributed by atoms with Crippen LogP contribution in [-0.2, 0) is 26.8 Å². The molecule has 4 rings (SSSR count). The van der Waals surface area contributed by atoms with Crippen LogP contribution < -0.4 is 5.73 Å². The molecule has 0 radical (unpaired) electrons. The number of amides is 1. The molecule has 2 aromatic rings. The summed E-state index contributed by atoms with van der Waals surface area (Å²) in [5, 5.41) is 8.94. The molecule has 0 bridgehead atoms. The number of halogens is 5. The largest absolute Gasteiger partial charge is 0.417 e. The molecule has 0 unspecified atom stereocenters. The minimum atomic E-state index is -5.09. The van der Waals surface area contributed by atoms with Gasteiger partial charge in [0.1, 0.15) is 16.9 Å². The number of carbonyl (C=O) groups excluding carboxylic acids is 1. The first-order valence-electron chi connectivity index (χ1n) is 11.3. The lowest BCUT2D eigenvalue weighted by atomic mass is 9.55. The van der Waals surface area contributed by atoms with Crippen molar-refractivity contribution in [2.45, 2.75) is 67.6 Å². The minimum Gasteiger partial charge on any atom is -0.380 e. The van der Waals surface area contributed by atoms with Gasteiger partial charge in [-0.1, -0.05) is 30.3 Å². The molecule has 0 spiro atoms. The van der Waals surface area contributed by atoms with Crippen LogP contribution in [-0.4, -0.2) is 41.6 Å². The summed E-state index contributed by atoms with van der Waals surface area (Å²) < 4.78 is 97.5. The fourth-order valence-electron chi connectivity index (χ4n) is 5.24. The standard InChI is InChI=1S/C24H25F5N2O4S/c1-14-7-8-20(15-5-3-2-4-6-15)36(34,35)31(14)11-16-9-19(26)17(10-18(16)25)22(21(30)32)12-23(33,13-22)24(27,28)29/h2-6,9-10,14,20,33H,7-8,11-13H2,1H3,(H2,30,32)/t14-,20+,22?,23?/m0/s1. The van der Waals surface area contributed by atoms with E-state index in [1.165, 1.54) is 0 Å². The first kappa shape index (κ1) is 26.5. The van der Waals surface area contributed by atoms with Gasteiger partial charge in [0.15, 0.2) is 5.60 Å². The molecule has 196 valence electrons. The van der Waals surface area contributed by atoms with E-state index in [0.717, 1.165) is 4.31 Å². The molecular formula is C24H25F5N2O4S. The van der Waals surface area contributed by atoms with Crippen molar-refractivity contribution in [2.75, 3.05) is 0 Å². The highest BCUT2D eigenvalue weighted by molar-refractivity contribution is 7.89. The maximum absolute atomic E-state index is 15.1. The summed E-state index contributed by atoms with van der Waals surface area (Å²) in [4.78, 5) is 12.1. The van der Waals surface area contributed by atoms with Crippen molar-refractivity contribution in [3.63, 3.8) is 0 Å². The smallest absolute Gasteiger partial charge is 0.380 e. The molecule has 1 aliphatic heterocycles. The van der Waals surface area contributed by atoms with E-state index in [1.54, 1.807) is 37.3 Å². The Labute approximate surface area is 205 Å². The molecule has 2 atom stereocenters. The Morgan fingerprint density at radius 1 is 1.11 bits per heavy atom. The van der Waals surface area contributed by atoms with E-state index in [4.69, 9.17) is 5.73 Å². The summed E-state index contributed by atoms with van der Waals surface area (Å²) in [6, 6.07) is 9.24. The first-order valence-corrected chi connectivity index (χ1v) is 12.8. The highest BCUT2D eigenvalue weighted by Gasteiger charge is 2.70. The van der Waals surface area contributed by atoms with Crippen LogP contribution in [0.4, 0.5) is 22.0 Å². The number of carbonyl (C=O) groups is 1. The molecule has 2 fully saturated rings. The van der Waals surface area contributed by atoms with Gasteiger partial charge in [-0.15, -0.1) is 0 Å². The number of hydrogen-bond acceptors (Lipinski definition) is 4. The monoisotopic (exact) mass is 532 g/mol. The zero-order chi connectivity index (χ0) is 26.7. The SMILES string of the molecule is C[C@H]1CC[C@H](c2ccccc2)S(=O)(=O)N1Cc1cc(F)c(C2(C(N)=O)CC(O)(C(F)(F)F)C2)cc1F. The van der Waals surface area contributed by atoms with E-state index in [2.05, 4.69) is 0 Å². The molecule has 1 heterocycles. The van der Waals surface area contributed by atoms with Crippen LogP contribution in [0.1, 0.15) is 54.5 Å². The summed E-state index contributed by atoms with van der Waals surface area (Å²) >= 11 is 0. The molecule has 1 amide bonds. The van der Waals surface area contributed by atoms with Gasteiger partial charge in [0.25, 0.3) is 0 Å². The quantitative estimate of drug-likeness (QED) is 0.572. The van der Waals surface area contributed by atoms with Crippen molar-refractivity contribution in [1.29, 1.82) is 0 Å². The molecule has 1 aliphatic carbocycles. The summed E-state index contributed by atoms with van der Waals surface area (Å²) in [5.41, 5.74) is -0.722. The molecular weight excluding hydrogens is 507 g/mol. The third-order valence-electron chi connectivity index (χ3n) is 7.36. The lowest BCUT2D eigenvalue weighted by Crippen LogP contribution is -2.66. The Balaban J connectivity index is 1.66. The molecule has 0 aromatic heterocycles. The van der Waals surface area contributed by atoms with Crippen LogP contribution in [0.5, 0.6) is 0 Å². The van der Waals surface area contributed by atoms with E-state index in [9.17, 15) is 31.5 Å². The zero-order valence-corrected chi connectivity index (χ0v) is 20.0. The van der Waals surface area contributed by atoms with Gasteiger partial charge in [0.05, 0.1) is 5.41 Å². The number of alkyl halides is 3. The number of nitrogens with zero attached hydrogens (tertiary/aromatic N) is 1. The number of nitrogens with two attached hydrogens (primary N) is 1. The van der Waals surface area contributed by atoms with Crippen molar-refractivity contribution >= 4 is 15.9 Å². The highest BCUT2D eigenvalue weighted by Crippen LogP contribution is 2.57. The van der Waals surface area contributed by atoms with E-state index in [-0.39, 0.29) is 5.56 Å². The number of rotatable bonds is 5. The zero-order valence-electron chi connectivity index (χ0n) is 19.2. The second-order valence-corrected chi connectivity index (χ2v) is 11.7. The Kier molecular flexibility index (Phi) is 6.46. The van der Waals surface area contributed by atoms with E-state index in [1.807, 2.05) is 0 Å². The molecule has 2 aromatic carbocycles. The van der Waals surface area contributed by atoms with Gasteiger partial charge in [-0.2, -0.15) is 17.5 Å². The maximum atomic E-state index is 15.1. The van der Waals surface area contributed by atoms with Gasteiger partial charge < -0.3 is 10.8 Å². The van der Waals surface area contributed by atoms with Gasteiger partial charge in [-0.3, -0.25) is 4.79 Å². The molecule has 36 heavy (non-hydrogen) atoms. The average Bonchev–Trinajstić information content (AvgIpc) is 2.75. The Morgan fingerprint density at radius 2 is 1.72 bits per heavy atom. The Bertz CT molecular complexity index is 1280. The predicted molar refractivity (Wildman–Crippen MR) is 120 cm³/mol. The van der Waals surface area contributed by atoms with Crippen molar-refractivity contribution < 1.29 is 40.3 Å². The first-order chi connectivity index (χ1) is 16.6. The van der Waals surface area contributed by atoms with Crippen molar-refractivity contribution in [3.8, 4) is 0 Å². The van der Waals surface area contributed by atoms with E-state index < -0.39 is 81.0 Å². The number of aliphatic hydroxyl groups is 1. The van der Waals surface area contributed by atoms with Gasteiger partial charge in [0.2, 0.25) is 15.9 Å². The lowest BCUT2D eigenvalue weighted by molar-refractivity contribution is -0.300. The van der Waals surface area contributed by atoms with Gasteiger partial charge in [-0.25, -0.2) is 17.2 Å². The van der Waals surface area contributed by atoms with Crippen LogP contribution in [0.25, 0.3) is 0 Å². The van der Waals surface area contributed by atoms with E-state index >= 15 is 8.78 Å². The third-order valence-corrected chi connectivity index (χ3v) is 9.73. The van der Waals surface area contributed by atoms with Gasteiger partial charge >= 0.3 is 6.18 Å². The van der Waals surface area contributed by atoms with Crippen LogP contribution in [0.2, 0.25) is 0 Å². The van der Waals surface area contributed by atoms with Crippen molar-refractivity contribution in [2.24, 2.45) is 5.73 Å². The fraction of sp³-hybridized carbons (Fsp3) is 0.458. The summed E-state index contributed by atoms with van der Waals surface area (Å²) in [5.74, 6) is -3.64. The number of hydrogen-bond donors (Lipinski definition) is 2. The second-order valence-electron chi connectivity index (χ2n) is 9.67. The molecule has 2 aliphatic rings. The molecule has 6 nitrogen and oxygen atoms in total. The van der Waals surface area contributed by atoms with Crippen LogP contribution in [0.3, 0.4) is 0 Å². The fourth-order valence-corrected chi connectivity index (χ4v) is 7.43. The van der Waals surface area contributed by atoms with Crippen molar-refractivity contribution in [3.05, 3.63) is 70.8 Å². The number of benzene rings is 2. The Hall–Kier alpha value is -2.57. The minimum absolute atomic E-state index is 0.342. The third kappa shape index (κ3) is 4.18. The summed E-state index contributed by atoms with van der Waals surface area (Å²) in [6.45, 7) is 1.14. The second kappa shape index (κ2) is 8.77. The highest BCUT2D eigenvalue weighted by atomic mass is 32.2. The van der Waals surface area contributed by atoms with Crippen molar-refractivity contribution in [1.82, 2.24) is 4.31 Å². The molecule has 12 heteroatoms. The van der Waals surface area contributed by atoms with Crippen LogP contribution >= 0.6 is 0 Å². The summed E-state index contributed by atoms with van der Waals surface area (Å²) in [6.07, 6.45) is -6.75. The van der Waals surface area contributed by atoms with E-state index in [0.29, 0.717) is 30.5 Å². The topological polar surface area (TPSA) is 101 Å². The van der Waals surface area contributed by atoms with Gasteiger partial charge in [-0.05, 0) is 37.5 Å². The molecule has 3 N–H and O–H groups in total.